The third-order valence-electron chi connectivity index (χ3n) is 3.85. The number of aromatic amines is 1. The fourth-order valence-electron chi connectivity index (χ4n) is 3.06. The molecule has 1 fully saturated rings. The Balaban J connectivity index is 1.79. The van der Waals surface area contributed by atoms with Crippen molar-refractivity contribution in [1.29, 1.82) is 0 Å². The molecule has 2 aliphatic rings. The van der Waals surface area contributed by atoms with Crippen LogP contribution in [-0.4, -0.2) is 38.9 Å². The van der Waals surface area contributed by atoms with Gasteiger partial charge in [0, 0.05) is 12.2 Å². The van der Waals surface area contributed by atoms with Crippen molar-refractivity contribution in [3.63, 3.8) is 0 Å². The lowest BCUT2D eigenvalue weighted by atomic mass is 9.99. The Hall–Kier alpha value is -1.78. The minimum Gasteiger partial charge on any atom is -0.444 e. The normalized spacial score (nSPS) is 25.6. The molecule has 1 saturated heterocycles. The van der Waals surface area contributed by atoms with E-state index in [1.165, 1.54) is 5.57 Å². The largest absolute Gasteiger partial charge is 0.444 e. The first kappa shape index (κ1) is 13.2. The Labute approximate surface area is 119 Å². The molecule has 3 heterocycles. The fourth-order valence-corrected chi connectivity index (χ4v) is 3.06. The molecule has 0 radical (unpaired) electrons. The summed E-state index contributed by atoms with van der Waals surface area (Å²) in [5.74, 6) is 0. The number of ether oxygens (including phenoxy) is 1. The van der Waals surface area contributed by atoms with Gasteiger partial charge in [0.2, 0.25) is 0 Å². The summed E-state index contributed by atoms with van der Waals surface area (Å²) >= 11 is 0. The SMILES string of the molecule is CC(C)(C)OC(=O)N1C2C=C(c3ccn[nH]3)CC1CC2. The molecule has 1 N–H and O–H groups in total. The second-order valence-corrected chi connectivity index (χ2v) is 6.55. The molecular weight excluding hydrogens is 254 g/mol. The molecule has 2 atom stereocenters. The van der Waals surface area contributed by atoms with Gasteiger partial charge < -0.3 is 4.74 Å². The summed E-state index contributed by atoms with van der Waals surface area (Å²) in [6.07, 6.45) is 6.68. The molecule has 5 nitrogen and oxygen atoms in total. The maximum atomic E-state index is 12.3. The van der Waals surface area contributed by atoms with E-state index in [9.17, 15) is 4.79 Å². The van der Waals surface area contributed by atoms with Gasteiger partial charge in [-0.15, -0.1) is 0 Å². The molecule has 0 aromatic carbocycles. The summed E-state index contributed by atoms with van der Waals surface area (Å²) in [5, 5.41) is 7.00. The van der Waals surface area contributed by atoms with Gasteiger partial charge >= 0.3 is 6.09 Å². The average Bonchev–Trinajstić information content (AvgIpc) is 2.94. The van der Waals surface area contributed by atoms with Crippen LogP contribution < -0.4 is 0 Å². The predicted octanol–water partition coefficient (Wildman–Crippen LogP) is 2.96. The predicted molar refractivity (Wildman–Crippen MR) is 76.1 cm³/mol. The lowest BCUT2D eigenvalue weighted by Gasteiger charge is -2.35. The van der Waals surface area contributed by atoms with Crippen LogP contribution in [-0.2, 0) is 4.74 Å². The van der Waals surface area contributed by atoms with Crippen molar-refractivity contribution in [2.45, 2.75) is 57.7 Å². The van der Waals surface area contributed by atoms with Crippen molar-refractivity contribution < 1.29 is 9.53 Å². The molecule has 1 aromatic heterocycles. The maximum Gasteiger partial charge on any atom is 0.411 e. The molecule has 20 heavy (non-hydrogen) atoms. The number of carbonyl (C=O) groups excluding carboxylic acids is 1. The van der Waals surface area contributed by atoms with Crippen molar-refractivity contribution in [2.24, 2.45) is 0 Å². The van der Waals surface area contributed by atoms with E-state index in [-0.39, 0.29) is 18.2 Å². The van der Waals surface area contributed by atoms with Gasteiger partial charge in [-0.2, -0.15) is 5.10 Å². The van der Waals surface area contributed by atoms with Gasteiger partial charge in [-0.25, -0.2) is 4.79 Å². The van der Waals surface area contributed by atoms with Crippen LogP contribution in [0, 0.1) is 0 Å². The molecule has 0 aliphatic carbocycles. The molecule has 2 unspecified atom stereocenters. The van der Waals surface area contributed by atoms with E-state index in [0.29, 0.717) is 0 Å². The first-order chi connectivity index (χ1) is 9.44. The minimum atomic E-state index is -0.441. The van der Waals surface area contributed by atoms with Crippen LogP contribution in [0.1, 0.15) is 45.7 Å². The number of amides is 1. The van der Waals surface area contributed by atoms with E-state index < -0.39 is 5.60 Å². The van der Waals surface area contributed by atoms with Crippen molar-refractivity contribution in [1.82, 2.24) is 15.1 Å². The van der Waals surface area contributed by atoms with Crippen LogP contribution in [0.4, 0.5) is 4.79 Å². The molecule has 108 valence electrons. The fraction of sp³-hybridized carbons (Fsp3) is 0.600. The monoisotopic (exact) mass is 275 g/mol. The van der Waals surface area contributed by atoms with Crippen molar-refractivity contribution in [3.8, 4) is 0 Å². The van der Waals surface area contributed by atoms with E-state index in [1.54, 1.807) is 6.20 Å². The number of hydrogen-bond acceptors (Lipinski definition) is 3. The molecule has 0 spiro atoms. The quantitative estimate of drug-likeness (QED) is 0.857. The standard InChI is InChI=1S/C15H21N3O2/c1-15(2,3)20-14(19)18-11-4-5-12(18)9-10(8-11)13-6-7-16-17-13/h6-8,11-12H,4-5,9H2,1-3H3,(H,16,17). The highest BCUT2D eigenvalue weighted by Crippen LogP contribution is 2.38. The first-order valence-electron chi connectivity index (χ1n) is 7.16. The van der Waals surface area contributed by atoms with Gasteiger partial charge in [-0.3, -0.25) is 10.00 Å². The summed E-state index contributed by atoms with van der Waals surface area (Å²) in [6.45, 7) is 5.72. The van der Waals surface area contributed by atoms with Crippen molar-refractivity contribution in [2.75, 3.05) is 0 Å². The van der Waals surface area contributed by atoms with Crippen LogP contribution in [0.25, 0.3) is 5.57 Å². The third kappa shape index (κ3) is 2.44. The van der Waals surface area contributed by atoms with Gasteiger partial charge in [0.25, 0.3) is 0 Å². The molecule has 1 aromatic rings. The summed E-state index contributed by atoms with van der Waals surface area (Å²) in [6, 6.07) is 2.38. The number of carbonyl (C=O) groups is 1. The smallest absolute Gasteiger partial charge is 0.411 e. The molecule has 2 aliphatic heterocycles. The van der Waals surface area contributed by atoms with Gasteiger partial charge in [0.05, 0.1) is 11.7 Å². The Morgan fingerprint density at radius 2 is 2.25 bits per heavy atom. The number of rotatable bonds is 1. The summed E-state index contributed by atoms with van der Waals surface area (Å²) in [5.41, 5.74) is 1.88. The summed E-state index contributed by atoms with van der Waals surface area (Å²) in [4.78, 5) is 14.2. The molecule has 1 amide bonds. The van der Waals surface area contributed by atoms with Crippen LogP contribution in [0.5, 0.6) is 0 Å². The summed E-state index contributed by atoms with van der Waals surface area (Å²) in [7, 11) is 0. The first-order valence-corrected chi connectivity index (χ1v) is 7.16. The van der Waals surface area contributed by atoms with Crippen LogP contribution in [0.15, 0.2) is 18.3 Å². The highest BCUT2D eigenvalue weighted by atomic mass is 16.6. The molecule has 3 rings (SSSR count). The van der Waals surface area contributed by atoms with Gasteiger partial charge in [-0.1, -0.05) is 6.08 Å². The van der Waals surface area contributed by atoms with E-state index in [2.05, 4.69) is 16.3 Å². The van der Waals surface area contributed by atoms with E-state index in [0.717, 1.165) is 25.0 Å². The number of nitrogens with one attached hydrogen (secondary N) is 1. The lowest BCUT2D eigenvalue weighted by molar-refractivity contribution is 0.0175. The molecule has 5 heteroatoms. The topological polar surface area (TPSA) is 58.2 Å². The van der Waals surface area contributed by atoms with E-state index in [4.69, 9.17) is 4.74 Å². The van der Waals surface area contributed by atoms with Crippen molar-refractivity contribution in [3.05, 3.63) is 24.0 Å². The Kier molecular flexibility index (Phi) is 3.07. The van der Waals surface area contributed by atoms with Gasteiger partial charge in [-0.05, 0) is 51.7 Å². The molecular formula is C15H21N3O2. The van der Waals surface area contributed by atoms with E-state index >= 15 is 0 Å². The zero-order valence-electron chi connectivity index (χ0n) is 12.2. The van der Waals surface area contributed by atoms with Gasteiger partial charge in [0.15, 0.2) is 0 Å². The number of nitrogens with zero attached hydrogens (tertiary/aromatic N) is 2. The zero-order chi connectivity index (χ0) is 14.3. The Bertz CT molecular complexity index is 528. The summed E-state index contributed by atoms with van der Waals surface area (Å²) < 4.78 is 5.52. The number of hydrogen-bond donors (Lipinski definition) is 1. The maximum absolute atomic E-state index is 12.3. The number of H-pyrrole nitrogens is 1. The highest BCUT2D eigenvalue weighted by molar-refractivity contribution is 5.74. The number of fused-ring (bicyclic) bond motifs is 2. The van der Waals surface area contributed by atoms with Crippen LogP contribution >= 0.6 is 0 Å². The number of aromatic nitrogens is 2. The van der Waals surface area contributed by atoms with Crippen LogP contribution in [0.3, 0.4) is 0 Å². The Morgan fingerprint density at radius 1 is 1.45 bits per heavy atom. The average molecular weight is 275 g/mol. The minimum absolute atomic E-state index is 0.155. The Morgan fingerprint density at radius 3 is 2.85 bits per heavy atom. The van der Waals surface area contributed by atoms with Crippen LogP contribution in [0.2, 0.25) is 0 Å². The second-order valence-electron chi connectivity index (χ2n) is 6.55. The lowest BCUT2D eigenvalue weighted by Crippen LogP contribution is -2.45. The molecule has 0 saturated carbocycles. The zero-order valence-corrected chi connectivity index (χ0v) is 12.2. The van der Waals surface area contributed by atoms with Gasteiger partial charge in [0.1, 0.15) is 5.60 Å². The van der Waals surface area contributed by atoms with E-state index in [1.807, 2.05) is 31.7 Å². The van der Waals surface area contributed by atoms with Crippen molar-refractivity contribution >= 4 is 11.7 Å². The molecule has 2 bridgehead atoms. The third-order valence-corrected chi connectivity index (χ3v) is 3.85. The second kappa shape index (κ2) is 4.65. The highest BCUT2D eigenvalue weighted by Gasteiger charge is 2.41.